The van der Waals surface area contributed by atoms with Gasteiger partial charge in [-0.25, -0.2) is 9.97 Å². The lowest BCUT2D eigenvalue weighted by molar-refractivity contribution is -0.126. The highest BCUT2D eigenvalue weighted by Crippen LogP contribution is 2.37. The summed E-state index contributed by atoms with van der Waals surface area (Å²) in [4.78, 5) is 14.6. The normalized spacial score (nSPS) is 20.2. The van der Waals surface area contributed by atoms with Gasteiger partial charge in [0.15, 0.2) is 0 Å². The van der Waals surface area contributed by atoms with Gasteiger partial charge < -0.3 is 20.1 Å². The number of anilines is 1. The standard InChI is InChI=1S/C34H44F3N7S/c1-23-17-28-24(2)25(3-4-30(28)44(23)16-15-42-13-8-33(9-14-42)7-10-38-21-33)20-43-11-5-26(6-12-43)41-31-29-18-27(19-34(35,36)37)45-32(29)40-22-39-31/h3-4,17-18,22,26,38H,5-16,19-21H2,1-2H3,(H,39,40,41). The van der Waals surface area contributed by atoms with Crippen molar-refractivity contribution in [2.24, 2.45) is 5.41 Å². The molecule has 45 heavy (non-hydrogen) atoms. The average Bonchev–Trinajstić information content (AvgIpc) is 3.72. The quantitative estimate of drug-likeness (QED) is 0.229. The van der Waals surface area contributed by atoms with E-state index < -0.39 is 12.6 Å². The van der Waals surface area contributed by atoms with E-state index in [1.165, 1.54) is 79.5 Å². The largest absolute Gasteiger partial charge is 0.393 e. The number of piperidine rings is 2. The van der Waals surface area contributed by atoms with E-state index in [1.54, 1.807) is 6.07 Å². The van der Waals surface area contributed by atoms with Gasteiger partial charge in [0, 0.05) is 66.8 Å². The molecular formula is C34H44F3N7S. The Kier molecular flexibility index (Phi) is 8.56. The Labute approximate surface area is 267 Å². The number of aryl methyl sites for hydroxylation is 2. The lowest BCUT2D eigenvalue weighted by atomic mass is 9.78. The van der Waals surface area contributed by atoms with Gasteiger partial charge in [-0.1, -0.05) is 6.07 Å². The number of likely N-dealkylation sites (tertiary alicyclic amines) is 2. The van der Waals surface area contributed by atoms with Crippen molar-refractivity contribution in [3.8, 4) is 0 Å². The molecule has 6 heterocycles. The topological polar surface area (TPSA) is 61.2 Å². The Morgan fingerprint density at radius 3 is 2.51 bits per heavy atom. The number of fused-ring (bicyclic) bond motifs is 2. The number of aromatic nitrogens is 3. The van der Waals surface area contributed by atoms with Crippen molar-refractivity contribution in [3.63, 3.8) is 0 Å². The van der Waals surface area contributed by atoms with Gasteiger partial charge >= 0.3 is 6.18 Å². The van der Waals surface area contributed by atoms with Crippen LogP contribution in [0.3, 0.4) is 0 Å². The van der Waals surface area contributed by atoms with Crippen molar-refractivity contribution in [1.29, 1.82) is 0 Å². The predicted molar refractivity (Wildman–Crippen MR) is 176 cm³/mol. The molecule has 0 aliphatic carbocycles. The fourth-order valence-electron chi connectivity index (χ4n) is 7.81. The SMILES string of the molecule is Cc1c(CN2CCC(Nc3ncnc4sc(CC(F)(F)F)cc34)CC2)ccc2c1cc(C)n2CCN1CCC2(CCNC2)CC1. The van der Waals surface area contributed by atoms with Crippen LogP contribution in [0.1, 0.15) is 53.8 Å². The number of alkyl halides is 3. The molecule has 3 aliphatic rings. The van der Waals surface area contributed by atoms with E-state index >= 15 is 0 Å². The second kappa shape index (κ2) is 12.5. The summed E-state index contributed by atoms with van der Waals surface area (Å²) in [5.41, 5.74) is 5.99. The molecule has 3 aromatic heterocycles. The van der Waals surface area contributed by atoms with Crippen molar-refractivity contribution < 1.29 is 13.2 Å². The molecule has 3 saturated heterocycles. The maximum atomic E-state index is 12.9. The monoisotopic (exact) mass is 639 g/mol. The zero-order chi connectivity index (χ0) is 31.2. The fourth-order valence-corrected chi connectivity index (χ4v) is 8.84. The molecule has 11 heteroatoms. The number of nitrogens with zero attached hydrogens (tertiary/aromatic N) is 5. The first-order valence-electron chi connectivity index (χ1n) is 16.5. The third-order valence-corrected chi connectivity index (χ3v) is 11.7. The van der Waals surface area contributed by atoms with Crippen LogP contribution in [0.25, 0.3) is 21.1 Å². The van der Waals surface area contributed by atoms with Crippen LogP contribution >= 0.6 is 11.3 Å². The van der Waals surface area contributed by atoms with E-state index in [9.17, 15) is 13.2 Å². The zero-order valence-corrected chi connectivity index (χ0v) is 27.2. The molecule has 0 radical (unpaired) electrons. The van der Waals surface area contributed by atoms with Gasteiger partial charge in [-0.3, -0.25) is 4.90 Å². The van der Waals surface area contributed by atoms with Crippen LogP contribution in [0.2, 0.25) is 0 Å². The van der Waals surface area contributed by atoms with Crippen LogP contribution in [0, 0.1) is 19.3 Å². The van der Waals surface area contributed by atoms with E-state index in [0.717, 1.165) is 56.9 Å². The van der Waals surface area contributed by atoms with E-state index in [0.29, 0.717) is 21.4 Å². The van der Waals surface area contributed by atoms with Crippen LogP contribution in [0.5, 0.6) is 0 Å². The Bertz CT molecular complexity index is 1640. The fraction of sp³-hybridized carbons (Fsp3) is 0.588. The minimum absolute atomic E-state index is 0.228. The second-order valence-electron chi connectivity index (χ2n) is 13.6. The molecule has 3 aliphatic heterocycles. The van der Waals surface area contributed by atoms with Crippen molar-refractivity contribution >= 4 is 38.3 Å². The summed E-state index contributed by atoms with van der Waals surface area (Å²) in [6.07, 6.45) is 2.18. The molecule has 0 bridgehead atoms. The van der Waals surface area contributed by atoms with Crippen LogP contribution in [0.15, 0.2) is 30.6 Å². The van der Waals surface area contributed by atoms with Crippen LogP contribution in [0.4, 0.5) is 19.0 Å². The lowest BCUT2D eigenvalue weighted by Gasteiger charge is -2.39. The third kappa shape index (κ3) is 6.73. The number of benzene rings is 1. The average molecular weight is 640 g/mol. The number of halogens is 3. The van der Waals surface area contributed by atoms with Gasteiger partial charge in [-0.2, -0.15) is 13.2 Å². The Morgan fingerprint density at radius 2 is 1.78 bits per heavy atom. The number of hydrogen-bond donors (Lipinski definition) is 2. The lowest BCUT2D eigenvalue weighted by Crippen LogP contribution is -2.42. The molecule has 4 aromatic rings. The Hall–Kier alpha value is -2.73. The van der Waals surface area contributed by atoms with E-state index in [1.807, 2.05) is 0 Å². The zero-order valence-electron chi connectivity index (χ0n) is 26.3. The van der Waals surface area contributed by atoms with E-state index in [4.69, 9.17) is 0 Å². The molecule has 0 saturated carbocycles. The molecule has 0 atom stereocenters. The van der Waals surface area contributed by atoms with Gasteiger partial charge in [0.2, 0.25) is 0 Å². The van der Waals surface area contributed by atoms with Crippen molar-refractivity contribution in [2.45, 2.75) is 77.7 Å². The minimum Gasteiger partial charge on any atom is -0.367 e. The minimum atomic E-state index is -4.23. The summed E-state index contributed by atoms with van der Waals surface area (Å²) in [5, 5.41) is 9.14. The summed E-state index contributed by atoms with van der Waals surface area (Å²) >= 11 is 1.09. The molecule has 1 spiro atoms. The number of hydrogen-bond acceptors (Lipinski definition) is 7. The van der Waals surface area contributed by atoms with Crippen molar-refractivity contribution in [2.75, 3.05) is 51.1 Å². The Balaban J connectivity index is 0.945. The van der Waals surface area contributed by atoms with E-state index in [-0.39, 0.29) is 10.9 Å². The predicted octanol–water partition coefficient (Wildman–Crippen LogP) is 6.52. The molecular weight excluding hydrogens is 595 g/mol. The second-order valence-corrected chi connectivity index (χ2v) is 14.7. The van der Waals surface area contributed by atoms with Crippen LogP contribution in [-0.2, 0) is 19.5 Å². The summed E-state index contributed by atoms with van der Waals surface area (Å²) in [6, 6.07) is 8.83. The van der Waals surface area contributed by atoms with Gasteiger partial charge in [0.1, 0.15) is 17.0 Å². The van der Waals surface area contributed by atoms with Gasteiger partial charge in [-0.05, 0) is 100 Å². The highest BCUT2D eigenvalue weighted by atomic mass is 32.1. The van der Waals surface area contributed by atoms with Gasteiger partial charge in [0.05, 0.1) is 11.8 Å². The molecule has 1 aromatic carbocycles. The number of nitrogens with one attached hydrogen (secondary N) is 2. The van der Waals surface area contributed by atoms with Crippen molar-refractivity contribution in [3.05, 3.63) is 52.3 Å². The maximum absolute atomic E-state index is 12.9. The molecule has 242 valence electrons. The summed E-state index contributed by atoms with van der Waals surface area (Å²) < 4.78 is 41.3. The third-order valence-electron chi connectivity index (χ3n) is 10.6. The first-order chi connectivity index (χ1) is 21.6. The van der Waals surface area contributed by atoms with E-state index in [2.05, 4.69) is 67.0 Å². The summed E-state index contributed by atoms with van der Waals surface area (Å²) in [5.74, 6) is 0.639. The molecule has 7 nitrogen and oxygen atoms in total. The molecule has 7 rings (SSSR count). The van der Waals surface area contributed by atoms with Crippen molar-refractivity contribution in [1.82, 2.24) is 29.7 Å². The smallest absolute Gasteiger partial charge is 0.367 e. The molecule has 0 amide bonds. The molecule has 0 unspecified atom stereocenters. The van der Waals surface area contributed by atoms with Crippen LogP contribution < -0.4 is 10.6 Å². The Morgan fingerprint density at radius 1 is 0.978 bits per heavy atom. The number of thiophene rings is 1. The van der Waals surface area contributed by atoms with Gasteiger partial charge in [-0.15, -0.1) is 11.3 Å². The highest BCUT2D eigenvalue weighted by Gasteiger charge is 2.37. The van der Waals surface area contributed by atoms with Gasteiger partial charge in [0.25, 0.3) is 0 Å². The molecule has 3 fully saturated rings. The summed E-state index contributed by atoms with van der Waals surface area (Å²) in [7, 11) is 0. The number of rotatable bonds is 8. The first kappa shape index (κ1) is 30.9. The summed E-state index contributed by atoms with van der Waals surface area (Å²) in [6.45, 7) is 14.3. The molecule has 2 N–H and O–H groups in total. The first-order valence-corrected chi connectivity index (χ1v) is 17.3. The maximum Gasteiger partial charge on any atom is 0.393 e. The van der Waals surface area contributed by atoms with Crippen LogP contribution in [-0.4, -0.2) is 82.4 Å². The highest BCUT2D eigenvalue weighted by molar-refractivity contribution is 7.18.